The molecule has 0 aromatic carbocycles. The van der Waals surface area contributed by atoms with Crippen LogP contribution in [0.25, 0.3) is 10.7 Å². The van der Waals surface area contributed by atoms with Crippen LogP contribution in [0.5, 0.6) is 0 Å². The lowest BCUT2D eigenvalue weighted by molar-refractivity contribution is 0.0409. The Balaban J connectivity index is 0.00000133. The number of thiophene rings is 1. The van der Waals surface area contributed by atoms with Crippen LogP contribution in [-0.2, 0) is 10.2 Å². The number of aromatic nitrogens is 2. The summed E-state index contributed by atoms with van der Waals surface area (Å²) >= 11 is 1.60. The maximum atomic E-state index is 5.92. The summed E-state index contributed by atoms with van der Waals surface area (Å²) in [6, 6.07) is 3.96. The van der Waals surface area contributed by atoms with Gasteiger partial charge in [-0.1, -0.05) is 11.2 Å². The Morgan fingerprint density at radius 1 is 1.37 bits per heavy atom. The molecule has 0 spiro atoms. The molecule has 19 heavy (non-hydrogen) atoms. The van der Waals surface area contributed by atoms with E-state index in [9.17, 15) is 0 Å². The quantitative estimate of drug-likeness (QED) is 0.941. The van der Waals surface area contributed by atoms with Crippen molar-refractivity contribution in [1.29, 1.82) is 0 Å². The summed E-state index contributed by atoms with van der Waals surface area (Å²) in [5.74, 6) is 1.30. The SMILES string of the molecule is Cl.NCC1(c2nc(-c3cccs3)no2)CCOCC1. The monoisotopic (exact) mass is 301 g/mol. The molecule has 7 heteroatoms. The molecule has 2 aromatic rings. The van der Waals surface area contributed by atoms with Crippen LogP contribution < -0.4 is 5.73 Å². The van der Waals surface area contributed by atoms with E-state index in [1.807, 2.05) is 17.5 Å². The average Bonchev–Trinajstić information content (AvgIpc) is 3.10. The Hall–Kier alpha value is -0.950. The first-order valence-corrected chi connectivity index (χ1v) is 6.88. The highest BCUT2D eigenvalue weighted by molar-refractivity contribution is 7.13. The molecular formula is C12H16ClN3O2S. The van der Waals surface area contributed by atoms with E-state index in [0.29, 0.717) is 31.5 Å². The molecule has 1 saturated heterocycles. The van der Waals surface area contributed by atoms with Crippen molar-refractivity contribution >= 4 is 23.7 Å². The molecule has 2 aromatic heterocycles. The van der Waals surface area contributed by atoms with Crippen molar-refractivity contribution in [2.45, 2.75) is 18.3 Å². The Kier molecular flexibility index (Phi) is 4.57. The number of nitrogens with two attached hydrogens (primary N) is 1. The maximum Gasteiger partial charge on any atom is 0.234 e. The summed E-state index contributed by atoms with van der Waals surface area (Å²) < 4.78 is 10.8. The van der Waals surface area contributed by atoms with Crippen molar-refractivity contribution in [3.63, 3.8) is 0 Å². The molecule has 0 atom stereocenters. The minimum atomic E-state index is -0.208. The number of rotatable bonds is 3. The summed E-state index contributed by atoms with van der Waals surface area (Å²) in [7, 11) is 0. The summed E-state index contributed by atoms with van der Waals surface area (Å²) in [5.41, 5.74) is 5.71. The van der Waals surface area contributed by atoms with E-state index in [1.165, 1.54) is 0 Å². The fourth-order valence-corrected chi connectivity index (χ4v) is 2.86. The molecule has 0 radical (unpaired) electrons. The van der Waals surface area contributed by atoms with E-state index >= 15 is 0 Å². The molecule has 1 aliphatic heterocycles. The Morgan fingerprint density at radius 2 is 2.16 bits per heavy atom. The molecule has 2 N–H and O–H groups in total. The molecule has 3 heterocycles. The molecule has 104 valence electrons. The lowest BCUT2D eigenvalue weighted by Gasteiger charge is -2.32. The Morgan fingerprint density at radius 3 is 2.79 bits per heavy atom. The van der Waals surface area contributed by atoms with E-state index in [4.69, 9.17) is 15.0 Å². The van der Waals surface area contributed by atoms with Gasteiger partial charge in [-0.2, -0.15) is 4.98 Å². The minimum Gasteiger partial charge on any atom is -0.381 e. The molecule has 0 saturated carbocycles. The van der Waals surface area contributed by atoms with Gasteiger partial charge in [0.1, 0.15) is 0 Å². The summed E-state index contributed by atoms with van der Waals surface area (Å²) in [6.07, 6.45) is 1.69. The van der Waals surface area contributed by atoms with Crippen molar-refractivity contribution in [3.8, 4) is 10.7 Å². The second-order valence-electron chi connectivity index (χ2n) is 4.50. The first-order chi connectivity index (χ1) is 8.84. The lowest BCUT2D eigenvalue weighted by atomic mass is 9.80. The van der Waals surface area contributed by atoms with Gasteiger partial charge in [0.05, 0.1) is 10.3 Å². The van der Waals surface area contributed by atoms with Crippen LogP contribution in [0.3, 0.4) is 0 Å². The number of nitrogens with zero attached hydrogens (tertiary/aromatic N) is 2. The van der Waals surface area contributed by atoms with Crippen LogP contribution >= 0.6 is 23.7 Å². The van der Waals surface area contributed by atoms with Crippen molar-refractivity contribution in [3.05, 3.63) is 23.4 Å². The van der Waals surface area contributed by atoms with Crippen molar-refractivity contribution < 1.29 is 9.26 Å². The van der Waals surface area contributed by atoms with Gasteiger partial charge in [0.15, 0.2) is 0 Å². The van der Waals surface area contributed by atoms with Gasteiger partial charge in [-0.25, -0.2) is 0 Å². The van der Waals surface area contributed by atoms with E-state index in [1.54, 1.807) is 11.3 Å². The van der Waals surface area contributed by atoms with Crippen LogP contribution in [0.15, 0.2) is 22.0 Å². The number of ether oxygens (including phenoxy) is 1. The van der Waals surface area contributed by atoms with Gasteiger partial charge in [0.25, 0.3) is 0 Å². The van der Waals surface area contributed by atoms with Gasteiger partial charge in [-0.05, 0) is 24.3 Å². The average molecular weight is 302 g/mol. The van der Waals surface area contributed by atoms with E-state index in [0.717, 1.165) is 17.7 Å². The molecule has 1 aliphatic rings. The molecular weight excluding hydrogens is 286 g/mol. The van der Waals surface area contributed by atoms with Crippen molar-refractivity contribution in [2.24, 2.45) is 5.73 Å². The first-order valence-electron chi connectivity index (χ1n) is 6.00. The van der Waals surface area contributed by atoms with Crippen molar-refractivity contribution in [2.75, 3.05) is 19.8 Å². The molecule has 0 amide bonds. The summed E-state index contributed by atoms with van der Waals surface area (Å²) in [4.78, 5) is 5.53. The van der Waals surface area contributed by atoms with Gasteiger partial charge in [-0.3, -0.25) is 0 Å². The first kappa shape index (κ1) is 14.5. The predicted molar refractivity (Wildman–Crippen MR) is 75.6 cm³/mol. The van der Waals surface area contributed by atoms with Gasteiger partial charge in [0.2, 0.25) is 11.7 Å². The minimum absolute atomic E-state index is 0. The standard InChI is InChI=1S/C12H15N3O2S.ClH/c13-8-12(3-5-16-6-4-12)11-14-10(15-17-11)9-2-1-7-18-9;/h1-2,7H,3-6,8,13H2;1H. The highest BCUT2D eigenvalue weighted by Gasteiger charge is 2.38. The third kappa shape index (κ3) is 2.67. The number of hydrogen-bond donors (Lipinski definition) is 1. The molecule has 0 bridgehead atoms. The van der Waals surface area contributed by atoms with E-state index in [-0.39, 0.29) is 17.8 Å². The largest absolute Gasteiger partial charge is 0.381 e. The lowest BCUT2D eigenvalue weighted by Crippen LogP contribution is -2.40. The second-order valence-corrected chi connectivity index (χ2v) is 5.44. The fourth-order valence-electron chi connectivity index (χ4n) is 2.21. The van der Waals surface area contributed by atoms with E-state index in [2.05, 4.69) is 10.1 Å². The third-order valence-corrected chi connectivity index (χ3v) is 4.33. The Bertz CT molecular complexity index is 509. The fraction of sp³-hybridized carbons (Fsp3) is 0.500. The molecule has 0 unspecified atom stereocenters. The van der Waals surface area contributed by atoms with Crippen LogP contribution in [0.1, 0.15) is 18.7 Å². The third-order valence-electron chi connectivity index (χ3n) is 3.46. The smallest absolute Gasteiger partial charge is 0.234 e. The molecule has 1 fully saturated rings. The number of halogens is 1. The van der Waals surface area contributed by atoms with Crippen LogP contribution in [0.4, 0.5) is 0 Å². The zero-order valence-electron chi connectivity index (χ0n) is 10.4. The summed E-state index contributed by atoms with van der Waals surface area (Å²) in [5, 5.41) is 6.05. The molecule has 5 nitrogen and oxygen atoms in total. The maximum absolute atomic E-state index is 5.92. The van der Waals surface area contributed by atoms with Crippen LogP contribution in [0.2, 0.25) is 0 Å². The topological polar surface area (TPSA) is 74.2 Å². The highest BCUT2D eigenvalue weighted by Crippen LogP contribution is 2.34. The summed E-state index contributed by atoms with van der Waals surface area (Å²) in [6.45, 7) is 1.92. The Labute approximate surface area is 121 Å². The van der Waals surface area contributed by atoms with Crippen LogP contribution in [-0.4, -0.2) is 29.9 Å². The zero-order chi connectivity index (χ0) is 12.4. The molecule has 3 rings (SSSR count). The van der Waals surface area contributed by atoms with Gasteiger partial charge >= 0.3 is 0 Å². The second kappa shape index (κ2) is 6.00. The molecule has 0 aliphatic carbocycles. The predicted octanol–water partition coefficient (Wildman–Crippen LogP) is 2.23. The zero-order valence-corrected chi connectivity index (χ0v) is 12.0. The normalized spacial score (nSPS) is 17.9. The highest BCUT2D eigenvalue weighted by atomic mass is 35.5. The van der Waals surface area contributed by atoms with Crippen molar-refractivity contribution in [1.82, 2.24) is 10.1 Å². The number of hydrogen-bond acceptors (Lipinski definition) is 6. The van der Waals surface area contributed by atoms with Gasteiger partial charge in [0, 0.05) is 19.8 Å². The van der Waals surface area contributed by atoms with Gasteiger partial charge in [-0.15, -0.1) is 23.7 Å². The van der Waals surface area contributed by atoms with E-state index < -0.39 is 0 Å². The van der Waals surface area contributed by atoms with Crippen LogP contribution in [0, 0.1) is 0 Å². The van der Waals surface area contributed by atoms with Gasteiger partial charge < -0.3 is 15.0 Å².